The molecular formula is C14H14BrNO2. The van der Waals surface area contributed by atoms with Crippen molar-refractivity contribution < 1.29 is 9.53 Å². The van der Waals surface area contributed by atoms with E-state index in [1.165, 1.54) is 7.11 Å². The highest BCUT2D eigenvalue weighted by Crippen LogP contribution is 2.22. The summed E-state index contributed by atoms with van der Waals surface area (Å²) in [5, 5.41) is 1.82. The molecule has 1 aromatic carbocycles. The van der Waals surface area contributed by atoms with Crippen molar-refractivity contribution in [2.24, 2.45) is 0 Å². The summed E-state index contributed by atoms with van der Waals surface area (Å²) in [5.41, 5.74) is 2.53. The van der Waals surface area contributed by atoms with Gasteiger partial charge in [0.15, 0.2) is 0 Å². The van der Waals surface area contributed by atoms with Gasteiger partial charge in [-0.2, -0.15) is 0 Å². The third-order valence-electron chi connectivity index (χ3n) is 2.68. The molecule has 0 aliphatic rings. The number of allylic oxidation sites excluding steroid dienone is 1. The Labute approximate surface area is 114 Å². The zero-order chi connectivity index (χ0) is 13.0. The third kappa shape index (κ3) is 2.64. The second kappa shape index (κ2) is 5.87. The van der Waals surface area contributed by atoms with Gasteiger partial charge in [0.2, 0.25) is 0 Å². The number of hydrogen-bond acceptors (Lipinski definition) is 2. The first-order valence-electron chi connectivity index (χ1n) is 5.68. The molecule has 1 N–H and O–H groups in total. The van der Waals surface area contributed by atoms with Gasteiger partial charge in [0.25, 0.3) is 0 Å². The van der Waals surface area contributed by atoms with E-state index < -0.39 is 0 Å². The molecule has 1 heterocycles. The number of ether oxygens (including phenoxy) is 1. The Morgan fingerprint density at radius 2 is 2.33 bits per heavy atom. The van der Waals surface area contributed by atoms with Crippen LogP contribution in [0.25, 0.3) is 17.0 Å². The van der Waals surface area contributed by atoms with Gasteiger partial charge in [-0.25, -0.2) is 4.79 Å². The molecule has 0 aliphatic heterocycles. The van der Waals surface area contributed by atoms with Crippen LogP contribution in [0.1, 0.15) is 22.3 Å². The van der Waals surface area contributed by atoms with Gasteiger partial charge in [-0.3, -0.25) is 0 Å². The van der Waals surface area contributed by atoms with Gasteiger partial charge in [-0.1, -0.05) is 28.1 Å². The molecule has 2 aromatic rings. The Hall–Kier alpha value is -1.55. The number of benzene rings is 1. The summed E-state index contributed by atoms with van der Waals surface area (Å²) in [5.74, 6) is -0.310. The van der Waals surface area contributed by atoms with Crippen LogP contribution >= 0.6 is 15.9 Å². The molecule has 0 unspecified atom stereocenters. The van der Waals surface area contributed by atoms with E-state index in [2.05, 4.69) is 27.0 Å². The predicted molar refractivity (Wildman–Crippen MR) is 77.1 cm³/mol. The monoisotopic (exact) mass is 307 g/mol. The SMILES string of the molecule is COC(=O)c1cc(C=CCCBr)cc2[nH]ccc12. The smallest absolute Gasteiger partial charge is 0.338 e. The largest absolute Gasteiger partial charge is 0.465 e. The molecule has 0 aliphatic carbocycles. The maximum absolute atomic E-state index is 11.7. The van der Waals surface area contributed by atoms with E-state index in [4.69, 9.17) is 4.74 Å². The van der Waals surface area contributed by atoms with Gasteiger partial charge in [-0.05, 0) is 30.2 Å². The molecule has 94 valence electrons. The second-order valence-corrected chi connectivity index (χ2v) is 4.67. The number of alkyl halides is 1. The highest BCUT2D eigenvalue weighted by atomic mass is 79.9. The Kier molecular flexibility index (Phi) is 4.20. The van der Waals surface area contributed by atoms with E-state index >= 15 is 0 Å². The number of carbonyl (C=O) groups excluding carboxylic acids is 1. The number of halogens is 1. The Balaban J connectivity index is 2.47. The topological polar surface area (TPSA) is 42.1 Å². The molecule has 0 bridgehead atoms. The van der Waals surface area contributed by atoms with Crippen molar-refractivity contribution in [2.45, 2.75) is 6.42 Å². The third-order valence-corrected chi connectivity index (χ3v) is 3.14. The number of hydrogen-bond donors (Lipinski definition) is 1. The van der Waals surface area contributed by atoms with Gasteiger partial charge in [-0.15, -0.1) is 0 Å². The average Bonchev–Trinajstić information content (AvgIpc) is 2.85. The molecular weight excluding hydrogens is 294 g/mol. The van der Waals surface area contributed by atoms with Crippen LogP contribution in [0.5, 0.6) is 0 Å². The van der Waals surface area contributed by atoms with E-state index in [0.29, 0.717) is 5.56 Å². The summed E-state index contributed by atoms with van der Waals surface area (Å²) < 4.78 is 4.81. The summed E-state index contributed by atoms with van der Waals surface area (Å²) in [7, 11) is 1.40. The first-order chi connectivity index (χ1) is 8.76. The van der Waals surface area contributed by atoms with E-state index in [1.807, 2.05) is 30.5 Å². The zero-order valence-corrected chi connectivity index (χ0v) is 11.7. The van der Waals surface area contributed by atoms with Crippen molar-refractivity contribution in [1.82, 2.24) is 4.98 Å². The van der Waals surface area contributed by atoms with Crippen molar-refractivity contribution in [2.75, 3.05) is 12.4 Å². The van der Waals surface area contributed by atoms with E-state index in [1.54, 1.807) is 0 Å². The summed E-state index contributed by atoms with van der Waals surface area (Å²) >= 11 is 3.37. The van der Waals surface area contributed by atoms with Crippen LogP contribution < -0.4 is 0 Å². The lowest BCUT2D eigenvalue weighted by atomic mass is 10.1. The fourth-order valence-electron chi connectivity index (χ4n) is 1.85. The van der Waals surface area contributed by atoms with Crippen molar-refractivity contribution >= 4 is 38.9 Å². The summed E-state index contributed by atoms with van der Waals surface area (Å²) in [6.07, 6.45) is 6.85. The summed E-state index contributed by atoms with van der Waals surface area (Å²) in [6, 6.07) is 5.76. The molecule has 0 saturated carbocycles. The molecule has 0 radical (unpaired) electrons. The fourth-order valence-corrected chi connectivity index (χ4v) is 2.11. The van der Waals surface area contributed by atoms with Crippen LogP contribution in [0, 0.1) is 0 Å². The van der Waals surface area contributed by atoms with Crippen LogP contribution in [0.4, 0.5) is 0 Å². The van der Waals surface area contributed by atoms with Crippen LogP contribution in [-0.4, -0.2) is 23.4 Å². The maximum Gasteiger partial charge on any atom is 0.338 e. The number of H-pyrrole nitrogens is 1. The number of nitrogens with one attached hydrogen (secondary N) is 1. The van der Waals surface area contributed by atoms with Crippen molar-refractivity contribution in [3.63, 3.8) is 0 Å². The Morgan fingerprint density at radius 3 is 3.06 bits per heavy atom. The molecule has 0 spiro atoms. The van der Waals surface area contributed by atoms with Gasteiger partial charge in [0.1, 0.15) is 0 Å². The zero-order valence-electron chi connectivity index (χ0n) is 10.1. The molecule has 0 atom stereocenters. The van der Waals surface area contributed by atoms with Crippen molar-refractivity contribution in [3.8, 4) is 0 Å². The lowest BCUT2D eigenvalue weighted by Crippen LogP contribution is -2.02. The number of fused-ring (bicyclic) bond motifs is 1. The van der Waals surface area contributed by atoms with Gasteiger partial charge >= 0.3 is 5.97 Å². The number of aromatic amines is 1. The molecule has 18 heavy (non-hydrogen) atoms. The number of carbonyl (C=O) groups is 1. The van der Waals surface area contributed by atoms with Crippen molar-refractivity contribution in [3.05, 3.63) is 41.6 Å². The second-order valence-electron chi connectivity index (χ2n) is 3.88. The molecule has 0 fully saturated rings. The van der Waals surface area contributed by atoms with Crippen LogP contribution in [0.2, 0.25) is 0 Å². The van der Waals surface area contributed by atoms with Gasteiger partial charge in [0, 0.05) is 22.4 Å². The number of aromatic nitrogens is 1. The Morgan fingerprint density at radius 1 is 1.50 bits per heavy atom. The molecule has 0 amide bonds. The minimum absolute atomic E-state index is 0.310. The van der Waals surface area contributed by atoms with Gasteiger partial charge < -0.3 is 9.72 Å². The standard InChI is InChI=1S/C14H14BrNO2/c1-18-14(17)12-8-10(4-2-3-6-15)9-13-11(12)5-7-16-13/h2,4-5,7-9,16H,3,6H2,1H3. The maximum atomic E-state index is 11.7. The van der Waals surface area contributed by atoms with Crippen LogP contribution in [0.3, 0.4) is 0 Å². The Bertz CT molecular complexity index is 586. The molecule has 3 nitrogen and oxygen atoms in total. The molecule has 0 saturated heterocycles. The minimum atomic E-state index is -0.310. The first kappa shape index (κ1) is 12.9. The minimum Gasteiger partial charge on any atom is -0.465 e. The predicted octanol–water partition coefficient (Wildman–Crippen LogP) is 3.75. The fraction of sp³-hybridized carbons (Fsp3) is 0.214. The number of methoxy groups -OCH3 is 1. The lowest BCUT2D eigenvalue weighted by molar-refractivity contribution is 0.0603. The number of rotatable bonds is 4. The normalized spacial score (nSPS) is 11.2. The lowest BCUT2D eigenvalue weighted by Gasteiger charge is -2.03. The quantitative estimate of drug-likeness (QED) is 0.690. The van der Waals surface area contributed by atoms with E-state index in [9.17, 15) is 4.79 Å². The average molecular weight is 308 g/mol. The van der Waals surface area contributed by atoms with Crippen LogP contribution in [-0.2, 0) is 4.74 Å². The van der Waals surface area contributed by atoms with Crippen molar-refractivity contribution in [1.29, 1.82) is 0 Å². The van der Waals surface area contributed by atoms with Crippen LogP contribution in [0.15, 0.2) is 30.5 Å². The first-order valence-corrected chi connectivity index (χ1v) is 6.80. The highest BCUT2D eigenvalue weighted by molar-refractivity contribution is 9.09. The van der Waals surface area contributed by atoms with Gasteiger partial charge in [0.05, 0.1) is 12.7 Å². The van der Waals surface area contributed by atoms with E-state index in [0.717, 1.165) is 28.2 Å². The summed E-state index contributed by atoms with van der Waals surface area (Å²) in [6.45, 7) is 0. The highest BCUT2D eigenvalue weighted by Gasteiger charge is 2.11. The number of esters is 1. The molecule has 2 rings (SSSR count). The molecule has 1 aromatic heterocycles. The summed E-state index contributed by atoms with van der Waals surface area (Å²) in [4.78, 5) is 14.9. The molecule has 4 heteroatoms. The van der Waals surface area contributed by atoms with E-state index in [-0.39, 0.29) is 5.97 Å².